The van der Waals surface area contributed by atoms with E-state index >= 15 is 0 Å². The lowest BCUT2D eigenvalue weighted by atomic mass is 10.3. The molecule has 4 rings (SSSR count). The Hall–Kier alpha value is -2.78. The van der Waals surface area contributed by atoms with Crippen LogP contribution in [0.5, 0.6) is 17.2 Å². The topological polar surface area (TPSA) is 85.4 Å². The molecule has 1 fully saturated rings. The Kier molecular flexibility index (Phi) is 5.59. The van der Waals surface area contributed by atoms with E-state index in [1.165, 1.54) is 16.4 Å². The zero-order valence-corrected chi connectivity index (χ0v) is 16.6. The van der Waals surface area contributed by atoms with Gasteiger partial charge < -0.3 is 19.1 Å². The quantitative estimate of drug-likeness (QED) is 0.729. The summed E-state index contributed by atoms with van der Waals surface area (Å²) in [6, 6.07) is 13.7. The molecule has 0 unspecified atom stereocenters. The minimum Gasteiger partial charge on any atom is -0.486 e. The number of para-hydroxylation sites is 1. The van der Waals surface area contributed by atoms with E-state index in [9.17, 15) is 13.2 Å². The number of amides is 1. The van der Waals surface area contributed by atoms with E-state index in [0.29, 0.717) is 43.6 Å². The number of hydrogen-bond donors (Lipinski definition) is 0. The summed E-state index contributed by atoms with van der Waals surface area (Å²) in [5, 5.41) is 0. The molecule has 0 aliphatic carbocycles. The van der Waals surface area contributed by atoms with Crippen molar-refractivity contribution in [1.82, 2.24) is 9.21 Å². The highest BCUT2D eigenvalue weighted by Gasteiger charge is 2.31. The van der Waals surface area contributed by atoms with Gasteiger partial charge in [0.05, 0.1) is 4.90 Å². The van der Waals surface area contributed by atoms with Crippen LogP contribution in [0.4, 0.5) is 0 Å². The number of nitrogens with zero attached hydrogens (tertiary/aromatic N) is 2. The number of ether oxygens (including phenoxy) is 3. The third kappa shape index (κ3) is 4.30. The Morgan fingerprint density at radius 3 is 2.34 bits per heavy atom. The van der Waals surface area contributed by atoms with E-state index in [4.69, 9.17) is 14.2 Å². The Morgan fingerprint density at radius 1 is 0.931 bits per heavy atom. The summed E-state index contributed by atoms with van der Waals surface area (Å²) in [5.41, 5.74) is 0. The van der Waals surface area contributed by atoms with Gasteiger partial charge in [0.25, 0.3) is 5.91 Å². The van der Waals surface area contributed by atoms with Crippen LogP contribution in [-0.4, -0.2) is 69.5 Å². The summed E-state index contributed by atoms with van der Waals surface area (Å²) >= 11 is 0. The van der Waals surface area contributed by atoms with Crippen LogP contribution in [0.1, 0.15) is 0 Å². The van der Waals surface area contributed by atoms with Gasteiger partial charge in [-0.05, 0) is 24.3 Å². The molecule has 2 aromatic carbocycles. The van der Waals surface area contributed by atoms with Crippen LogP contribution in [0.15, 0.2) is 53.4 Å². The van der Waals surface area contributed by atoms with Crippen LogP contribution in [0.25, 0.3) is 0 Å². The van der Waals surface area contributed by atoms with E-state index in [2.05, 4.69) is 0 Å². The Labute approximate surface area is 169 Å². The van der Waals surface area contributed by atoms with Crippen LogP contribution < -0.4 is 14.2 Å². The molecule has 1 amide bonds. The average Bonchev–Trinajstić information content (AvgIpc) is 2.78. The fraction of sp³-hybridized carbons (Fsp3) is 0.350. The molecule has 9 heteroatoms. The summed E-state index contributed by atoms with van der Waals surface area (Å²) in [6.45, 7) is 1.87. The molecule has 0 bridgehead atoms. The highest BCUT2D eigenvalue weighted by atomic mass is 32.2. The lowest BCUT2D eigenvalue weighted by Gasteiger charge is -2.34. The van der Waals surface area contributed by atoms with Gasteiger partial charge in [0.2, 0.25) is 10.0 Å². The Bertz CT molecular complexity index is 972. The number of carbonyl (C=O) groups is 1. The van der Waals surface area contributed by atoms with Crippen molar-refractivity contribution in [1.29, 1.82) is 0 Å². The van der Waals surface area contributed by atoms with Gasteiger partial charge in [-0.15, -0.1) is 0 Å². The van der Waals surface area contributed by atoms with Crippen molar-refractivity contribution in [2.45, 2.75) is 4.90 Å². The number of benzene rings is 2. The maximum Gasteiger partial charge on any atom is 0.260 e. The zero-order valence-electron chi connectivity index (χ0n) is 15.8. The summed E-state index contributed by atoms with van der Waals surface area (Å²) in [5.74, 6) is 1.44. The van der Waals surface area contributed by atoms with Gasteiger partial charge in [-0.3, -0.25) is 4.79 Å². The maximum absolute atomic E-state index is 13.0. The number of piperazine rings is 1. The van der Waals surface area contributed by atoms with Crippen LogP contribution in [-0.2, 0) is 14.8 Å². The molecule has 0 atom stereocenters. The van der Waals surface area contributed by atoms with E-state index in [1.807, 2.05) is 18.2 Å². The SMILES string of the molecule is O=C(COc1ccccc1)N1CCN(S(=O)(=O)c2ccc3c(c2)OCCO3)CC1. The van der Waals surface area contributed by atoms with Crippen LogP contribution in [0.2, 0.25) is 0 Å². The molecule has 0 saturated carbocycles. The molecule has 0 aromatic heterocycles. The number of rotatable bonds is 5. The third-order valence-corrected chi connectivity index (χ3v) is 6.74. The molecular formula is C20H22N2O6S. The van der Waals surface area contributed by atoms with E-state index in [-0.39, 0.29) is 30.5 Å². The second-order valence-corrected chi connectivity index (χ2v) is 8.63. The van der Waals surface area contributed by atoms with Gasteiger partial charge in [0.1, 0.15) is 19.0 Å². The molecule has 2 aliphatic rings. The fourth-order valence-electron chi connectivity index (χ4n) is 3.26. The predicted octanol–water partition coefficient (Wildman–Crippen LogP) is 1.37. The van der Waals surface area contributed by atoms with Gasteiger partial charge >= 0.3 is 0 Å². The van der Waals surface area contributed by atoms with E-state index in [0.717, 1.165) is 0 Å². The lowest BCUT2D eigenvalue weighted by molar-refractivity contribution is -0.134. The first kappa shape index (κ1) is 19.5. The van der Waals surface area contributed by atoms with E-state index in [1.54, 1.807) is 23.1 Å². The molecule has 0 spiro atoms. The second-order valence-electron chi connectivity index (χ2n) is 6.69. The molecule has 2 aliphatic heterocycles. The van der Waals surface area contributed by atoms with Crippen molar-refractivity contribution in [2.75, 3.05) is 46.0 Å². The number of sulfonamides is 1. The maximum atomic E-state index is 13.0. The monoisotopic (exact) mass is 418 g/mol. The minimum atomic E-state index is -3.67. The molecule has 2 heterocycles. The van der Waals surface area contributed by atoms with Crippen LogP contribution in [0, 0.1) is 0 Å². The van der Waals surface area contributed by atoms with Crippen molar-refractivity contribution in [2.24, 2.45) is 0 Å². The van der Waals surface area contributed by atoms with Crippen molar-refractivity contribution in [3.8, 4) is 17.2 Å². The Morgan fingerprint density at radius 2 is 1.62 bits per heavy atom. The normalized spacial score (nSPS) is 17.0. The third-order valence-electron chi connectivity index (χ3n) is 4.85. The molecular weight excluding hydrogens is 396 g/mol. The highest BCUT2D eigenvalue weighted by Crippen LogP contribution is 2.33. The molecule has 1 saturated heterocycles. The van der Waals surface area contributed by atoms with Crippen molar-refractivity contribution < 1.29 is 27.4 Å². The van der Waals surface area contributed by atoms with Crippen molar-refractivity contribution in [3.05, 3.63) is 48.5 Å². The first-order valence-electron chi connectivity index (χ1n) is 9.39. The molecule has 8 nitrogen and oxygen atoms in total. The molecule has 2 aromatic rings. The lowest BCUT2D eigenvalue weighted by Crippen LogP contribution is -2.51. The molecule has 154 valence electrons. The van der Waals surface area contributed by atoms with Gasteiger partial charge in [-0.2, -0.15) is 4.31 Å². The van der Waals surface area contributed by atoms with Crippen molar-refractivity contribution in [3.63, 3.8) is 0 Å². The summed E-state index contributed by atoms with van der Waals surface area (Å²) in [6.07, 6.45) is 0. The Balaban J connectivity index is 1.35. The van der Waals surface area contributed by atoms with E-state index < -0.39 is 10.0 Å². The number of hydrogen-bond acceptors (Lipinski definition) is 6. The zero-order chi connectivity index (χ0) is 20.3. The standard InChI is InChI=1S/C20H22N2O6S/c23-20(15-28-16-4-2-1-3-5-16)21-8-10-22(11-9-21)29(24,25)17-6-7-18-19(14-17)27-13-12-26-18/h1-7,14H,8-13,15H2. The number of carbonyl (C=O) groups excluding carboxylic acids is 1. The van der Waals surface area contributed by atoms with Gasteiger partial charge in [-0.25, -0.2) is 8.42 Å². The van der Waals surface area contributed by atoms with Gasteiger partial charge in [0.15, 0.2) is 18.1 Å². The summed E-state index contributed by atoms with van der Waals surface area (Å²) in [4.78, 5) is 14.1. The average molecular weight is 418 g/mol. The molecule has 0 N–H and O–H groups in total. The molecule has 0 radical (unpaired) electrons. The predicted molar refractivity (Wildman–Crippen MR) is 105 cm³/mol. The summed E-state index contributed by atoms with van der Waals surface area (Å²) in [7, 11) is -3.67. The minimum absolute atomic E-state index is 0.0705. The van der Waals surface area contributed by atoms with Gasteiger partial charge in [-0.1, -0.05) is 18.2 Å². The van der Waals surface area contributed by atoms with Crippen LogP contribution >= 0.6 is 0 Å². The molecule has 29 heavy (non-hydrogen) atoms. The highest BCUT2D eigenvalue weighted by molar-refractivity contribution is 7.89. The van der Waals surface area contributed by atoms with Crippen LogP contribution in [0.3, 0.4) is 0 Å². The number of fused-ring (bicyclic) bond motifs is 1. The smallest absolute Gasteiger partial charge is 0.260 e. The summed E-state index contributed by atoms with van der Waals surface area (Å²) < 4.78 is 43.7. The fourth-order valence-corrected chi connectivity index (χ4v) is 4.70. The van der Waals surface area contributed by atoms with Crippen molar-refractivity contribution >= 4 is 15.9 Å². The first-order valence-corrected chi connectivity index (χ1v) is 10.8. The largest absolute Gasteiger partial charge is 0.486 e. The first-order chi connectivity index (χ1) is 14.0. The van der Waals surface area contributed by atoms with Gasteiger partial charge in [0, 0.05) is 32.2 Å². The second kappa shape index (κ2) is 8.30.